The molecule has 0 heterocycles. The minimum Gasteiger partial charge on any atom is -0.494 e. The average Bonchev–Trinajstić information content (AvgIpc) is 2.40. The van der Waals surface area contributed by atoms with Crippen LogP contribution in [0.4, 0.5) is 4.39 Å². The monoisotopic (exact) mass is 283 g/mol. The van der Waals surface area contributed by atoms with Crippen molar-refractivity contribution in [3.05, 3.63) is 30.1 Å². The summed E-state index contributed by atoms with van der Waals surface area (Å²) in [6, 6.07) is 5.64. The smallest absolute Gasteiger partial charge is 0.356 e. The molecule has 1 aromatic rings. The van der Waals surface area contributed by atoms with Gasteiger partial charge in [-0.05, 0) is 44.5 Å². The van der Waals surface area contributed by atoms with Crippen LogP contribution in [0.5, 0.6) is 5.75 Å². The van der Waals surface area contributed by atoms with Crippen LogP contribution >= 0.6 is 0 Å². The molecule has 1 aromatic carbocycles. The van der Waals surface area contributed by atoms with Crippen LogP contribution in [0.2, 0.25) is 0 Å². The fraction of sp³-hybridized carbons (Fsp3) is 0.429. The van der Waals surface area contributed by atoms with E-state index < -0.39 is 5.97 Å². The Morgan fingerprint density at radius 2 is 2.00 bits per heavy atom. The summed E-state index contributed by atoms with van der Waals surface area (Å²) in [6.07, 6.45) is 0.447. The van der Waals surface area contributed by atoms with E-state index in [4.69, 9.17) is 14.7 Å². The van der Waals surface area contributed by atoms with Gasteiger partial charge in [-0.25, -0.2) is 9.18 Å². The van der Waals surface area contributed by atoms with Crippen LogP contribution < -0.4 is 4.74 Å². The summed E-state index contributed by atoms with van der Waals surface area (Å²) in [4.78, 5) is 11.5. The molecular weight excluding hydrogens is 265 g/mol. The molecule has 0 bridgehead atoms. The highest BCUT2D eigenvalue weighted by molar-refractivity contribution is 6.36. The number of ether oxygens (including phenoxy) is 2. The quantitative estimate of drug-likeness (QED) is 0.275. The third-order valence-electron chi connectivity index (χ3n) is 2.34. The molecule has 0 aliphatic carbocycles. The van der Waals surface area contributed by atoms with E-state index in [0.29, 0.717) is 18.8 Å². The Labute approximate surface area is 117 Å². The second kappa shape index (κ2) is 8.14. The largest absolute Gasteiger partial charge is 0.494 e. The Bertz CT molecular complexity index is 457. The van der Waals surface area contributed by atoms with Gasteiger partial charge in [-0.3, -0.25) is 0 Å². The third-order valence-corrected chi connectivity index (χ3v) is 2.34. The lowest BCUT2D eigenvalue weighted by atomic mass is 10.2. The number of carbonyl (C=O) groups excluding carboxylic acids is 1. The van der Waals surface area contributed by atoms with Gasteiger partial charge in [-0.2, -0.15) is 0 Å². The van der Waals surface area contributed by atoms with Crippen LogP contribution in [-0.2, 0) is 9.53 Å². The van der Waals surface area contributed by atoms with Crippen molar-refractivity contribution in [1.82, 2.24) is 0 Å². The lowest BCUT2D eigenvalue weighted by Gasteiger charge is -2.09. The van der Waals surface area contributed by atoms with Gasteiger partial charge in [0.2, 0.25) is 0 Å². The summed E-state index contributed by atoms with van der Waals surface area (Å²) in [5, 5.41) is 11.7. The van der Waals surface area contributed by atoms with Gasteiger partial charge in [0.05, 0.1) is 12.7 Å². The number of rotatable bonds is 7. The Morgan fingerprint density at radius 3 is 2.55 bits per heavy atom. The Hall–Kier alpha value is -2.11. The van der Waals surface area contributed by atoms with Gasteiger partial charge in [-0.15, -0.1) is 0 Å². The highest BCUT2D eigenvalue weighted by Gasteiger charge is 2.15. The number of carbonyl (C=O) groups is 1. The van der Waals surface area contributed by atoms with Crippen molar-refractivity contribution < 1.29 is 23.9 Å². The number of oxime groups is 1. The minimum atomic E-state index is -0.635. The number of nitrogens with zero attached hydrogens (tertiary/aromatic N) is 1. The molecule has 0 aliphatic heterocycles. The zero-order valence-electron chi connectivity index (χ0n) is 11.5. The van der Waals surface area contributed by atoms with Crippen molar-refractivity contribution in [3.8, 4) is 5.75 Å². The predicted molar refractivity (Wildman–Crippen MR) is 71.6 cm³/mol. The maximum absolute atomic E-state index is 12.7. The average molecular weight is 283 g/mol. The summed E-state index contributed by atoms with van der Waals surface area (Å²) in [6.45, 7) is 3.74. The van der Waals surface area contributed by atoms with Crippen molar-refractivity contribution >= 4 is 11.7 Å². The summed E-state index contributed by atoms with van der Waals surface area (Å²) in [7, 11) is 0. The lowest BCUT2D eigenvalue weighted by Crippen LogP contribution is -2.21. The summed E-state index contributed by atoms with van der Waals surface area (Å²) < 4.78 is 23.0. The Kier molecular flexibility index (Phi) is 6.49. The van der Waals surface area contributed by atoms with Crippen molar-refractivity contribution in [1.29, 1.82) is 0 Å². The second-order valence-corrected chi connectivity index (χ2v) is 4.41. The first-order valence-electron chi connectivity index (χ1n) is 6.33. The summed E-state index contributed by atoms with van der Waals surface area (Å²) in [5.74, 6) is -0.425. The molecule has 0 aromatic heterocycles. The Morgan fingerprint density at radius 1 is 1.35 bits per heavy atom. The van der Waals surface area contributed by atoms with Crippen LogP contribution in [0.25, 0.3) is 0 Å². The van der Waals surface area contributed by atoms with E-state index in [1.165, 1.54) is 24.3 Å². The van der Waals surface area contributed by atoms with Crippen LogP contribution in [0.3, 0.4) is 0 Å². The molecule has 1 N–H and O–H groups in total. The zero-order valence-corrected chi connectivity index (χ0v) is 11.5. The maximum atomic E-state index is 12.7. The number of hydrogen-bond acceptors (Lipinski definition) is 5. The standard InChI is InChI=1S/C14H18FNO4/c1-10(2)20-14(17)13(16-18)4-3-9-19-12-7-5-11(15)6-8-12/h5-8,10,18H,3-4,9H2,1-2H3. The van der Waals surface area contributed by atoms with Crippen LogP contribution in [0.15, 0.2) is 29.4 Å². The summed E-state index contributed by atoms with van der Waals surface area (Å²) >= 11 is 0. The van der Waals surface area contributed by atoms with Gasteiger partial charge in [-0.1, -0.05) is 5.16 Å². The maximum Gasteiger partial charge on any atom is 0.356 e. The molecule has 0 fully saturated rings. The summed E-state index contributed by atoms with van der Waals surface area (Å²) in [5.41, 5.74) is -0.0404. The fourth-order valence-electron chi connectivity index (χ4n) is 1.44. The Balaban J connectivity index is 2.32. The highest BCUT2D eigenvalue weighted by Crippen LogP contribution is 2.11. The molecule has 0 unspecified atom stereocenters. The van der Waals surface area contributed by atoms with Gasteiger partial charge in [0.1, 0.15) is 11.6 Å². The molecule has 0 atom stereocenters. The van der Waals surface area contributed by atoms with E-state index in [1.54, 1.807) is 13.8 Å². The van der Waals surface area contributed by atoms with Crippen molar-refractivity contribution in [3.63, 3.8) is 0 Å². The van der Waals surface area contributed by atoms with Gasteiger partial charge in [0.25, 0.3) is 0 Å². The molecule has 0 spiro atoms. The van der Waals surface area contributed by atoms with E-state index in [0.717, 1.165) is 0 Å². The van der Waals surface area contributed by atoms with E-state index in [-0.39, 0.29) is 24.1 Å². The van der Waals surface area contributed by atoms with Gasteiger partial charge < -0.3 is 14.7 Å². The van der Waals surface area contributed by atoms with E-state index in [2.05, 4.69) is 5.16 Å². The van der Waals surface area contributed by atoms with Crippen molar-refractivity contribution in [2.75, 3.05) is 6.61 Å². The molecule has 1 rings (SSSR count). The molecule has 0 aliphatic rings. The predicted octanol–water partition coefficient (Wildman–Crippen LogP) is 2.77. The lowest BCUT2D eigenvalue weighted by molar-refractivity contribution is -0.139. The third kappa shape index (κ3) is 5.69. The SMILES string of the molecule is CC(C)OC(=O)C(CCCOc1ccc(F)cc1)=NO. The fourth-order valence-corrected chi connectivity index (χ4v) is 1.44. The number of benzene rings is 1. The minimum absolute atomic E-state index is 0.0404. The molecule has 6 heteroatoms. The highest BCUT2D eigenvalue weighted by atomic mass is 19.1. The molecular formula is C14H18FNO4. The zero-order chi connectivity index (χ0) is 15.0. The van der Waals surface area contributed by atoms with Crippen LogP contribution in [0, 0.1) is 5.82 Å². The second-order valence-electron chi connectivity index (χ2n) is 4.41. The van der Waals surface area contributed by atoms with E-state index in [9.17, 15) is 9.18 Å². The first-order valence-corrected chi connectivity index (χ1v) is 6.33. The molecule has 110 valence electrons. The topological polar surface area (TPSA) is 68.1 Å². The molecule has 0 amide bonds. The first kappa shape index (κ1) is 15.9. The first-order chi connectivity index (χ1) is 9.52. The van der Waals surface area contributed by atoms with E-state index in [1.807, 2.05) is 0 Å². The van der Waals surface area contributed by atoms with E-state index >= 15 is 0 Å². The number of halogens is 1. The molecule has 5 nitrogen and oxygen atoms in total. The molecule has 0 saturated carbocycles. The molecule has 0 radical (unpaired) electrons. The van der Waals surface area contributed by atoms with Gasteiger partial charge >= 0.3 is 5.97 Å². The molecule has 0 saturated heterocycles. The van der Waals surface area contributed by atoms with Crippen LogP contribution in [-0.4, -0.2) is 29.6 Å². The molecule has 20 heavy (non-hydrogen) atoms. The normalized spacial score (nSPS) is 11.5. The van der Waals surface area contributed by atoms with Crippen LogP contribution in [0.1, 0.15) is 26.7 Å². The van der Waals surface area contributed by atoms with Crippen molar-refractivity contribution in [2.45, 2.75) is 32.8 Å². The van der Waals surface area contributed by atoms with Gasteiger partial charge in [0, 0.05) is 6.42 Å². The number of hydrogen-bond donors (Lipinski definition) is 1. The number of esters is 1. The van der Waals surface area contributed by atoms with Gasteiger partial charge in [0.15, 0.2) is 5.71 Å². The van der Waals surface area contributed by atoms with Crippen molar-refractivity contribution in [2.24, 2.45) is 5.16 Å².